The maximum absolute atomic E-state index is 12.9. The van der Waals surface area contributed by atoms with Gasteiger partial charge in [0.2, 0.25) is 11.7 Å². The van der Waals surface area contributed by atoms with Crippen LogP contribution in [0.1, 0.15) is 0 Å². The SMILES string of the molecule is Nc1cc2nc[nH][n+]2c(SC/C=C/C2=C(C(=O)O)N3C(=O)C(NC(=O)CSc4cc(Cl)ccc4Cl)C3SC2)n1. The highest BCUT2D eigenvalue weighted by atomic mass is 35.5. The summed E-state index contributed by atoms with van der Waals surface area (Å²) in [6.45, 7) is 0. The molecule has 1 aromatic carbocycles. The van der Waals surface area contributed by atoms with Crippen molar-refractivity contribution < 1.29 is 24.0 Å². The Labute approximate surface area is 244 Å². The van der Waals surface area contributed by atoms with Crippen LogP contribution in [0.2, 0.25) is 10.0 Å². The smallest absolute Gasteiger partial charge is 0.352 e. The van der Waals surface area contributed by atoms with E-state index in [-0.39, 0.29) is 17.4 Å². The summed E-state index contributed by atoms with van der Waals surface area (Å²) >= 11 is 16.1. The summed E-state index contributed by atoms with van der Waals surface area (Å²) < 4.78 is 1.69. The average Bonchev–Trinajstić information content (AvgIpc) is 3.38. The normalized spacial score (nSPS) is 18.9. The van der Waals surface area contributed by atoms with Crippen LogP contribution < -0.4 is 15.6 Å². The molecule has 0 aliphatic carbocycles. The Bertz CT molecular complexity index is 1550. The molecule has 39 heavy (non-hydrogen) atoms. The number of nitrogens with one attached hydrogen (secondary N) is 2. The number of aliphatic carboxylic acids is 1. The van der Waals surface area contributed by atoms with Gasteiger partial charge in [-0.1, -0.05) is 45.3 Å². The molecule has 2 aliphatic rings. The minimum absolute atomic E-state index is 0.0274. The fourth-order valence-electron chi connectivity index (χ4n) is 3.98. The zero-order valence-electron chi connectivity index (χ0n) is 19.8. The highest BCUT2D eigenvalue weighted by Crippen LogP contribution is 2.41. The molecule has 0 spiro atoms. The van der Waals surface area contributed by atoms with Crippen molar-refractivity contribution in [3.05, 3.63) is 64.1 Å². The van der Waals surface area contributed by atoms with Crippen molar-refractivity contribution in [3.63, 3.8) is 0 Å². The van der Waals surface area contributed by atoms with Gasteiger partial charge < -0.3 is 16.2 Å². The number of nitrogen functional groups attached to an aromatic ring is 1. The molecule has 0 bridgehead atoms. The van der Waals surface area contributed by atoms with Crippen molar-refractivity contribution in [2.75, 3.05) is 23.0 Å². The van der Waals surface area contributed by atoms with E-state index in [1.807, 2.05) is 0 Å². The molecule has 2 amide bonds. The number of nitrogens with zero attached hydrogens (tertiary/aromatic N) is 4. The third-order valence-corrected chi connectivity index (χ3v) is 9.63. The first kappa shape index (κ1) is 27.6. The van der Waals surface area contributed by atoms with Gasteiger partial charge in [-0.15, -0.1) is 28.0 Å². The van der Waals surface area contributed by atoms with Crippen molar-refractivity contribution in [2.45, 2.75) is 21.5 Å². The number of nitrogens with two attached hydrogens (primary N) is 1. The zero-order valence-corrected chi connectivity index (χ0v) is 23.8. The summed E-state index contributed by atoms with van der Waals surface area (Å²) in [4.78, 5) is 47.9. The largest absolute Gasteiger partial charge is 0.477 e. The van der Waals surface area contributed by atoms with Crippen LogP contribution in [-0.2, 0) is 14.4 Å². The number of β-lactam (4-membered cyclic amide) rings is 1. The Balaban J connectivity index is 1.21. The van der Waals surface area contributed by atoms with E-state index in [1.165, 1.54) is 46.5 Å². The van der Waals surface area contributed by atoms with Gasteiger partial charge in [-0.2, -0.15) is 0 Å². The lowest BCUT2D eigenvalue weighted by Crippen LogP contribution is -2.70. The number of carbonyl (C=O) groups excluding carboxylic acids is 2. The number of anilines is 1. The molecule has 202 valence electrons. The molecule has 0 radical (unpaired) electrons. The van der Waals surface area contributed by atoms with Crippen LogP contribution in [0.5, 0.6) is 0 Å². The second-order valence-corrected chi connectivity index (χ2v) is 12.2. The molecule has 2 aliphatic heterocycles. The van der Waals surface area contributed by atoms with E-state index in [9.17, 15) is 19.5 Å². The lowest BCUT2D eigenvalue weighted by atomic mass is 10.0. The monoisotopic (exact) mass is 624 g/mol. The number of amides is 2. The first-order chi connectivity index (χ1) is 18.7. The number of carboxylic acid groups (broad SMARTS) is 1. The maximum Gasteiger partial charge on any atom is 0.352 e. The number of carbonyl (C=O) groups is 3. The summed E-state index contributed by atoms with van der Waals surface area (Å²) in [7, 11) is 0. The molecule has 3 aromatic rings. The number of hydrogen-bond donors (Lipinski definition) is 4. The Kier molecular flexibility index (Phi) is 8.28. The number of allylic oxidation sites excluding steroid dienone is 1. The number of hydrogen-bond acceptors (Lipinski definition) is 9. The van der Waals surface area contributed by atoms with Gasteiger partial charge in [-0.3, -0.25) is 14.5 Å². The van der Waals surface area contributed by atoms with Crippen LogP contribution in [0.3, 0.4) is 0 Å². The second kappa shape index (κ2) is 11.7. The standard InChI is InChI=1S/C23H19Cl2N7O4S3/c24-12-3-4-13(25)14(6-12)38-9-17(33)30-18-20(34)31-19(22(35)36)11(8-39-21(18)31)2-1-5-37-23-29-15(26)7-16-27-10-28-32(16)23/h1-4,6-7,10,18,21H,5,8-9H2,(H4,26,27,28,30,33,35,36)/p+1/b2-1+. The van der Waals surface area contributed by atoms with Gasteiger partial charge in [-0.05, 0) is 35.5 Å². The molecule has 11 nitrogen and oxygen atoms in total. The number of fused-ring (bicyclic) bond motifs is 2. The Morgan fingerprint density at radius 1 is 1.33 bits per heavy atom. The van der Waals surface area contributed by atoms with Gasteiger partial charge in [0.25, 0.3) is 11.6 Å². The van der Waals surface area contributed by atoms with Crippen LogP contribution in [0.25, 0.3) is 5.65 Å². The molecule has 4 heterocycles. The zero-order chi connectivity index (χ0) is 27.7. The number of H-pyrrole nitrogens is 1. The van der Waals surface area contributed by atoms with E-state index < -0.39 is 23.3 Å². The highest BCUT2D eigenvalue weighted by Gasteiger charge is 2.53. The fraction of sp³-hybridized carbons (Fsp3) is 0.217. The Hall–Kier alpha value is -2.91. The van der Waals surface area contributed by atoms with E-state index in [0.29, 0.717) is 48.6 Å². The van der Waals surface area contributed by atoms with Crippen LogP contribution in [0, 0.1) is 0 Å². The molecule has 16 heteroatoms. The predicted molar refractivity (Wildman–Crippen MR) is 151 cm³/mol. The molecule has 2 aromatic heterocycles. The van der Waals surface area contributed by atoms with Crippen molar-refractivity contribution in [1.29, 1.82) is 0 Å². The molecule has 1 fully saturated rings. The van der Waals surface area contributed by atoms with Gasteiger partial charge >= 0.3 is 11.1 Å². The quantitative estimate of drug-likeness (QED) is 0.121. The summed E-state index contributed by atoms with van der Waals surface area (Å²) in [5, 5.41) is 16.6. The number of thioether (sulfide) groups is 3. The van der Waals surface area contributed by atoms with Gasteiger partial charge in [0, 0.05) is 21.4 Å². The summed E-state index contributed by atoms with van der Waals surface area (Å²) in [5.74, 6) is -0.827. The Morgan fingerprint density at radius 2 is 2.15 bits per heavy atom. The number of carboxylic acids is 1. The summed E-state index contributed by atoms with van der Waals surface area (Å²) in [6.07, 6.45) is 5.04. The molecule has 0 saturated carbocycles. The van der Waals surface area contributed by atoms with Gasteiger partial charge in [0.05, 0.1) is 16.8 Å². The second-order valence-electron chi connectivity index (χ2n) is 8.26. The van der Waals surface area contributed by atoms with Crippen LogP contribution in [0.15, 0.2) is 64.1 Å². The van der Waals surface area contributed by atoms with Crippen molar-refractivity contribution in [3.8, 4) is 0 Å². The first-order valence-electron chi connectivity index (χ1n) is 11.3. The molecule has 5 N–H and O–H groups in total. The van der Waals surface area contributed by atoms with E-state index in [4.69, 9.17) is 28.9 Å². The first-order valence-corrected chi connectivity index (χ1v) is 15.1. The Morgan fingerprint density at radius 3 is 2.95 bits per heavy atom. The number of aromatic nitrogens is 4. The van der Waals surface area contributed by atoms with E-state index in [1.54, 1.807) is 40.9 Å². The predicted octanol–water partition coefficient (Wildman–Crippen LogP) is 2.61. The maximum atomic E-state index is 12.9. The van der Waals surface area contributed by atoms with Crippen LogP contribution >= 0.6 is 58.5 Å². The molecule has 5 rings (SSSR count). The van der Waals surface area contributed by atoms with E-state index in [0.717, 1.165) is 0 Å². The van der Waals surface area contributed by atoms with Crippen molar-refractivity contribution in [1.82, 2.24) is 25.3 Å². The summed E-state index contributed by atoms with van der Waals surface area (Å²) in [6, 6.07) is 5.79. The third kappa shape index (κ3) is 5.84. The van der Waals surface area contributed by atoms with E-state index >= 15 is 0 Å². The van der Waals surface area contributed by atoms with E-state index in [2.05, 4.69) is 20.4 Å². The fourth-order valence-corrected chi connectivity index (χ4v) is 7.39. The van der Waals surface area contributed by atoms with Gasteiger partial charge in [0.1, 0.15) is 17.1 Å². The lowest BCUT2D eigenvalue weighted by Gasteiger charge is -2.49. The molecular weight excluding hydrogens is 605 g/mol. The molecule has 1 saturated heterocycles. The average molecular weight is 626 g/mol. The molecule has 2 atom stereocenters. The van der Waals surface area contributed by atoms with Gasteiger partial charge in [0.15, 0.2) is 6.33 Å². The van der Waals surface area contributed by atoms with Crippen LogP contribution in [0.4, 0.5) is 5.82 Å². The molecular formula is C23H20Cl2N7O4S3+. The number of rotatable bonds is 9. The number of aromatic amines is 1. The number of benzene rings is 1. The van der Waals surface area contributed by atoms with Gasteiger partial charge in [-0.25, -0.2) is 9.89 Å². The minimum atomic E-state index is -1.20. The summed E-state index contributed by atoms with van der Waals surface area (Å²) in [5.41, 5.74) is 6.90. The molecule has 2 unspecified atom stereocenters. The lowest BCUT2D eigenvalue weighted by molar-refractivity contribution is -0.622. The minimum Gasteiger partial charge on any atom is -0.477 e. The topological polar surface area (TPSA) is 158 Å². The highest BCUT2D eigenvalue weighted by molar-refractivity contribution is 8.00. The third-order valence-electron chi connectivity index (χ3n) is 5.70. The number of halogens is 2. The van der Waals surface area contributed by atoms with Crippen LogP contribution in [-0.4, -0.2) is 71.5 Å². The van der Waals surface area contributed by atoms with Crippen molar-refractivity contribution >= 4 is 87.7 Å². The van der Waals surface area contributed by atoms with Crippen molar-refractivity contribution in [2.24, 2.45) is 0 Å².